The van der Waals surface area contributed by atoms with Crippen molar-refractivity contribution in [2.24, 2.45) is 11.8 Å². The van der Waals surface area contributed by atoms with Gasteiger partial charge in [-0.25, -0.2) is 0 Å². The van der Waals surface area contributed by atoms with Gasteiger partial charge in [-0.1, -0.05) is 6.07 Å². The number of aromatic hydroxyl groups is 6. The van der Waals surface area contributed by atoms with Crippen LogP contribution >= 0.6 is 0 Å². The molecule has 0 aliphatic carbocycles. The van der Waals surface area contributed by atoms with Gasteiger partial charge in [0.2, 0.25) is 5.78 Å². The summed E-state index contributed by atoms with van der Waals surface area (Å²) in [5.41, 5.74) is 1.13. The van der Waals surface area contributed by atoms with Crippen molar-refractivity contribution in [2.45, 2.75) is 24.4 Å². The second kappa shape index (κ2) is 11.7. The lowest BCUT2D eigenvalue weighted by Gasteiger charge is -2.30. The molecule has 13 heteroatoms. The first-order valence-corrected chi connectivity index (χ1v) is 15.0. The number of ether oxygens (including phenoxy) is 5. The lowest BCUT2D eigenvalue weighted by Crippen LogP contribution is -2.36. The number of Topliss-reactive ketones (excluding diaryl/α,β-unsaturated/α-hetero) is 1. The van der Waals surface area contributed by atoms with Crippen molar-refractivity contribution in [3.05, 3.63) is 76.9 Å². The molecule has 0 saturated carbocycles. The molecular formula is C35H32O13. The fourth-order valence-corrected chi connectivity index (χ4v) is 6.93. The summed E-state index contributed by atoms with van der Waals surface area (Å²) in [6.45, 7) is 0.696. The van der Waals surface area contributed by atoms with Crippen LogP contribution in [0.15, 0.2) is 54.6 Å². The van der Waals surface area contributed by atoms with Crippen LogP contribution < -0.4 is 14.2 Å². The lowest BCUT2D eigenvalue weighted by molar-refractivity contribution is 0.0191. The van der Waals surface area contributed by atoms with E-state index in [0.29, 0.717) is 24.5 Å². The van der Waals surface area contributed by atoms with Crippen molar-refractivity contribution in [3.8, 4) is 62.9 Å². The molecule has 4 aromatic rings. The van der Waals surface area contributed by atoms with Gasteiger partial charge in [0.1, 0.15) is 22.8 Å². The molecule has 2 fully saturated rings. The summed E-state index contributed by atoms with van der Waals surface area (Å²) in [6, 6.07) is 12.7. The van der Waals surface area contributed by atoms with E-state index in [4.69, 9.17) is 23.7 Å². The van der Waals surface area contributed by atoms with Crippen molar-refractivity contribution in [2.75, 3.05) is 27.4 Å². The van der Waals surface area contributed by atoms with E-state index in [1.807, 2.05) is 0 Å². The van der Waals surface area contributed by atoms with Crippen LogP contribution in [-0.4, -0.2) is 75.1 Å². The monoisotopic (exact) mass is 660 g/mol. The average Bonchev–Trinajstić information content (AvgIpc) is 3.67. The number of benzene rings is 4. The Balaban J connectivity index is 1.25. The van der Waals surface area contributed by atoms with Gasteiger partial charge in [0.25, 0.3) is 0 Å². The van der Waals surface area contributed by atoms with Crippen LogP contribution in [0.25, 0.3) is 11.1 Å². The minimum Gasteiger partial charge on any atom is -0.508 e. The minimum atomic E-state index is -1.83. The summed E-state index contributed by atoms with van der Waals surface area (Å²) in [5.74, 6) is -3.40. The highest BCUT2D eigenvalue weighted by molar-refractivity contribution is 6.05. The highest BCUT2D eigenvalue weighted by Gasteiger charge is 2.48. The van der Waals surface area contributed by atoms with Gasteiger partial charge in [-0.15, -0.1) is 0 Å². The van der Waals surface area contributed by atoms with Crippen LogP contribution in [0.3, 0.4) is 0 Å². The molecule has 3 heterocycles. The Kier molecular flexibility index (Phi) is 7.62. The molecule has 6 unspecified atom stereocenters. The number of ketones is 1. The number of rotatable bonds is 6. The third-order valence-electron chi connectivity index (χ3n) is 9.29. The number of carbonyl (C=O) groups excluding carboxylic acids is 1. The summed E-state index contributed by atoms with van der Waals surface area (Å²) < 4.78 is 29.0. The zero-order valence-corrected chi connectivity index (χ0v) is 25.7. The second-order valence-corrected chi connectivity index (χ2v) is 12.0. The molecule has 0 amide bonds. The number of hydrogen-bond donors (Lipinski definition) is 7. The number of methoxy groups -OCH3 is 2. The Hall–Kier alpha value is -5.37. The molecule has 6 atom stereocenters. The molecule has 7 N–H and O–H groups in total. The zero-order valence-electron chi connectivity index (χ0n) is 25.7. The molecule has 0 spiro atoms. The second-order valence-electron chi connectivity index (χ2n) is 12.0. The van der Waals surface area contributed by atoms with Gasteiger partial charge in [-0.2, -0.15) is 0 Å². The molecule has 250 valence electrons. The number of aliphatic hydroxyl groups is 1. The van der Waals surface area contributed by atoms with Gasteiger partial charge < -0.3 is 59.4 Å². The van der Waals surface area contributed by atoms with E-state index >= 15 is 0 Å². The normalized spacial score (nSPS) is 24.5. The van der Waals surface area contributed by atoms with Crippen LogP contribution in [-0.2, 0) is 9.47 Å². The Bertz CT molecular complexity index is 1940. The molecule has 0 bridgehead atoms. The Labute approximate surface area is 273 Å². The predicted molar refractivity (Wildman–Crippen MR) is 166 cm³/mol. The lowest BCUT2D eigenvalue weighted by atomic mass is 9.84. The number of hydrogen-bond acceptors (Lipinski definition) is 13. The Morgan fingerprint density at radius 2 is 1.25 bits per heavy atom. The highest BCUT2D eigenvalue weighted by Crippen LogP contribution is 2.54. The van der Waals surface area contributed by atoms with E-state index in [1.165, 1.54) is 20.3 Å². The van der Waals surface area contributed by atoms with Gasteiger partial charge in [0.05, 0.1) is 39.6 Å². The smallest absolute Gasteiger partial charge is 0.202 e. The topological polar surface area (TPSA) is 205 Å². The van der Waals surface area contributed by atoms with Crippen molar-refractivity contribution < 1.29 is 64.2 Å². The van der Waals surface area contributed by atoms with E-state index in [1.54, 1.807) is 30.3 Å². The highest BCUT2D eigenvalue weighted by atomic mass is 16.5. The maximum absolute atomic E-state index is 13.0. The molecule has 3 aliphatic heterocycles. The first-order chi connectivity index (χ1) is 23.0. The van der Waals surface area contributed by atoms with E-state index < -0.39 is 41.3 Å². The third-order valence-corrected chi connectivity index (χ3v) is 9.29. The van der Waals surface area contributed by atoms with Gasteiger partial charge >= 0.3 is 0 Å². The number of aliphatic hydroxyl groups excluding tert-OH is 1. The predicted octanol–water partition coefficient (Wildman–Crippen LogP) is 4.36. The molecular weight excluding hydrogens is 628 g/mol. The van der Waals surface area contributed by atoms with Gasteiger partial charge in [0.15, 0.2) is 46.7 Å². The number of fused-ring (bicyclic) bond motifs is 2. The number of phenols is 6. The Morgan fingerprint density at radius 1 is 0.646 bits per heavy atom. The molecule has 7 rings (SSSR count). The van der Waals surface area contributed by atoms with Gasteiger partial charge in [0, 0.05) is 35.1 Å². The molecule has 0 aromatic heterocycles. The van der Waals surface area contributed by atoms with Crippen molar-refractivity contribution in [1.29, 1.82) is 0 Å². The van der Waals surface area contributed by atoms with Crippen LogP contribution in [0.4, 0.5) is 0 Å². The van der Waals surface area contributed by atoms with Crippen LogP contribution in [0.1, 0.15) is 45.4 Å². The van der Waals surface area contributed by atoms with E-state index in [9.17, 15) is 40.5 Å². The van der Waals surface area contributed by atoms with E-state index in [2.05, 4.69) is 0 Å². The molecule has 4 aromatic carbocycles. The van der Waals surface area contributed by atoms with Crippen molar-refractivity contribution in [3.63, 3.8) is 0 Å². The summed E-state index contributed by atoms with van der Waals surface area (Å²) >= 11 is 0. The van der Waals surface area contributed by atoms with Crippen LogP contribution in [0.2, 0.25) is 0 Å². The molecule has 0 radical (unpaired) electrons. The first kappa shape index (κ1) is 31.2. The molecule has 13 nitrogen and oxygen atoms in total. The number of carbonyl (C=O) groups is 1. The van der Waals surface area contributed by atoms with Crippen LogP contribution in [0.5, 0.6) is 51.7 Å². The van der Waals surface area contributed by atoms with E-state index in [-0.39, 0.29) is 68.9 Å². The molecule has 2 saturated heterocycles. The zero-order chi connectivity index (χ0) is 34.0. The summed E-state index contributed by atoms with van der Waals surface area (Å²) in [4.78, 5) is 13.0. The fourth-order valence-electron chi connectivity index (χ4n) is 6.93. The van der Waals surface area contributed by atoms with Crippen LogP contribution in [0, 0.1) is 11.8 Å². The maximum atomic E-state index is 13.0. The van der Waals surface area contributed by atoms with Crippen molar-refractivity contribution >= 4 is 5.78 Å². The summed E-state index contributed by atoms with van der Waals surface area (Å²) in [6.07, 6.45) is -4.09. The van der Waals surface area contributed by atoms with Crippen molar-refractivity contribution in [1.82, 2.24) is 0 Å². The van der Waals surface area contributed by atoms with Gasteiger partial charge in [-0.3, -0.25) is 4.79 Å². The number of phenolic OH excluding ortho intramolecular Hbond substituents is 6. The average molecular weight is 661 g/mol. The SMILES string of the molecule is COc1cc(C2OCC3C(c4cc(OC)c(O)c(-c5cc(C6Oc7cc(O)cc(O)c7C(=O)C6O)cc(O)c5O)c4)OCC23)ccc1O. The van der Waals surface area contributed by atoms with Gasteiger partial charge in [-0.05, 0) is 53.1 Å². The maximum Gasteiger partial charge on any atom is 0.202 e. The third kappa shape index (κ3) is 4.94. The Morgan fingerprint density at radius 3 is 1.92 bits per heavy atom. The quantitative estimate of drug-likeness (QED) is 0.144. The summed E-state index contributed by atoms with van der Waals surface area (Å²) in [5, 5.41) is 74.2. The minimum absolute atomic E-state index is 0.0120. The molecule has 3 aliphatic rings. The summed E-state index contributed by atoms with van der Waals surface area (Å²) in [7, 11) is 2.83. The fraction of sp³-hybridized carbons (Fsp3) is 0.286. The largest absolute Gasteiger partial charge is 0.508 e. The first-order valence-electron chi connectivity index (χ1n) is 15.0. The standard InChI is InChI=1S/C35H32O13/c1-44-25-8-14(3-4-22(25)37)33-20-12-47-34(21(20)13-46-33)16-6-19(30(41)27(9-16)45-2)18-5-15(7-24(39)29(18)40)35-32(43)31(42)28-23(38)10-17(36)11-26(28)48-35/h3-11,20-21,32-41,43H,12-13H2,1-2H3. The molecule has 48 heavy (non-hydrogen) atoms. The van der Waals surface area contributed by atoms with E-state index in [0.717, 1.165) is 23.8 Å².